The summed E-state index contributed by atoms with van der Waals surface area (Å²) in [7, 11) is 1.57. The summed E-state index contributed by atoms with van der Waals surface area (Å²) in [5.41, 5.74) is 1.52. The van der Waals surface area contributed by atoms with Crippen molar-refractivity contribution in [1.82, 2.24) is 14.9 Å². The first-order valence-corrected chi connectivity index (χ1v) is 13.4. The van der Waals surface area contributed by atoms with E-state index < -0.39 is 23.8 Å². The lowest BCUT2D eigenvalue weighted by atomic mass is 9.82. The number of halogens is 2. The van der Waals surface area contributed by atoms with Crippen molar-refractivity contribution in [1.29, 1.82) is 0 Å². The molecule has 1 aromatic heterocycles. The van der Waals surface area contributed by atoms with Crippen LogP contribution in [-0.2, 0) is 9.53 Å². The number of nitrogens with one attached hydrogen (secondary N) is 1. The Morgan fingerprint density at radius 1 is 1.03 bits per heavy atom. The molecule has 2 saturated carbocycles. The molecule has 2 aliphatic rings. The molecular formula is C29H35F2N3O3. The Balaban J connectivity index is 1.64. The van der Waals surface area contributed by atoms with Gasteiger partial charge in [-0.05, 0) is 50.0 Å². The third-order valence-electron chi connectivity index (χ3n) is 8.02. The smallest absolute Gasteiger partial charge is 0.243 e. The van der Waals surface area contributed by atoms with Gasteiger partial charge >= 0.3 is 0 Å². The number of methoxy groups -OCH3 is 1. The molecular weight excluding hydrogens is 476 g/mol. The van der Waals surface area contributed by atoms with Gasteiger partial charge in [-0.25, -0.2) is 13.8 Å². The molecule has 3 aromatic rings. The zero-order valence-corrected chi connectivity index (χ0v) is 21.2. The van der Waals surface area contributed by atoms with Crippen LogP contribution in [-0.4, -0.2) is 39.8 Å². The number of hydrogen-bond donors (Lipinski definition) is 2. The van der Waals surface area contributed by atoms with E-state index in [0.29, 0.717) is 42.5 Å². The largest absolute Gasteiger partial charge is 0.393 e. The van der Waals surface area contributed by atoms with Crippen LogP contribution in [0.25, 0.3) is 11.0 Å². The van der Waals surface area contributed by atoms with Gasteiger partial charge in [0.2, 0.25) is 5.91 Å². The van der Waals surface area contributed by atoms with Crippen molar-refractivity contribution in [2.45, 2.75) is 82.1 Å². The first-order valence-electron chi connectivity index (χ1n) is 13.4. The molecule has 0 bridgehead atoms. The van der Waals surface area contributed by atoms with Crippen molar-refractivity contribution in [3.63, 3.8) is 0 Å². The Kier molecular flexibility index (Phi) is 7.86. The minimum atomic E-state index is -0.975. The zero-order chi connectivity index (χ0) is 25.9. The van der Waals surface area contributed by atoms with Gasteiger partial charge in [0.25, 0.3) is 0 Å². The summed E-state index contributed by atoms with van der Waals surface area (Å²) < 4.78 is 36.6. The quantitative estimate of drug-likeness (QED) is 0.434. The second kappa shape index (κ2) is 11.3. The third-order valence-corrected chi connectivity index (χ3v) is 8.02. The van der Waals surface area contributed by atoms with Crippen LogP contribution in [0, 0.1) is 17.6 Å². The molecule has 2 aromatic carbocycles. The van der Waals surface area contributed by atoms with Crippen LogP contribution < -0.4 is 5.32 Å². The molecule has 37 heavy (non-hydrogen) atoms. The number of hydrogen-bond acceptors (Lipinski definition) is 4. The van der Waals surface area contributed by atoms with Crippen molar-refractivity contribution in [3.8, 4) is 0 Å². The molecule has 1 unspecified atom stereocenters. The molecule has 2 N–H and O–H groups in total. The number of fused-ring (bicyclic) bond motifs is 1. The Labute approximate surface area is 216 Å². The van der Waals surface area contributed by atoms with Gasteiger partial charge in [-0.2, -0.15) is 0 Å². The summed E-state index contributed by atoms with van der Waals surface area (Å²) >= 11 is 0. The number of ether oxygens (including phenoxy) is 1. The molecule has 6 nitrogen and oxygen atoms in total. The van der Waals surface area contributed by atoms with Crippen molar-refractivity contribution in [3.05, 3.63) is 65.5 Å². The monoisotopic (exact) mass is 511 g/mol. The molecule has 0 radical (unpaired) electrons. The fourth-order valence-corrected chi connectivity index (χ4v) is 6.10. The molecule has 2 aliphatic carbocycles. The minimum absolute atomic E-state index is 0.0262. The molecule has 5 rings (SSSR count). The van der Waals surface area contributed by atoms with Crippen molar-refractivity contribution < 1.29 is 23.4 Å². The zero-order valence-electron chi connectivity index (χ0n) is 21.2. The first kappa shape index (κ1) is 25.8. The Morgan fingerprint density at radius 3 is 2.38 bits per heavy atom. The van der Waals surface area contributed by atoms with Crippen LogP contribution in [0.1, 0.15) is 81.3 Å². The lowest BCUT2D eigenvalue weighted by molar-refractivity contribution is -0.127. The van der Waals surface area contributed by atoms with Gasteiger partial charge in [-0.1, -0.05) is 49.6 Å². The summed E-state index contributed by atoms with van der Waals surface area (Å²) in [4.78, 5) is 18.8. The van der Waals surface area contributed by atoms with Crippen LogP contribution in [0.3, 0.4) is 0 Å². The summed E-state index contributed by atoms with van der Waals surface area (Å²) in [6, 6.07) is 11.1. The molecule has 0 spiro atoms. The molecule has 2 fully saturated rings. The maximum atomic E-state index is 14.6. The van der Waals surface area contributed by atoms with Gasteiger partial charge in [0.05, 0.1) is 17.1 Å². The van der Waals surface area contributed by atoms with Gasteiger partial charge in [0, 0.05) is 25.3 Å². The highest BCUT2D eigenvalue weighted by atomic mass is 19.2. The Hall–Kier alpha value is -2.84. The normalized spacial score (nSPS) is 22.6. The van der Waals surface area contributed by atoms with E-state index in [2.05, 4.69) is 5.32 Å². The van der Waals surface area contributed by atoms with Crippen molar-refractivity contribution in [2.75, 3.05) is 7.11 Å². The van der Waals surface area contributed by atoms with Crippen molar-refractivity contribution in [2.24, 2.45) is 5.92 Å². The predicted molar refractivity (Wildman–Crippen MR) is 137 cm³/mol. The average Bonchev–Trinajstić information content (AvgIpc) is 3.25. The third kappa shape index (κ3) is 5.41. The highest BCUT2D eigenvalue weighted by molar-refractivity contribution is 5.85. The number of aliphatic hydroxyl groups excluding tert-OH is 1. The summed E-state index contributed by atoms with van der Waals surface area (Å²) in [5.74, 6) is -1.60. The highest BCUT2D eigenvalue weighted by Crippen LogP contribution is 2.39. The molecule has 8 heteroatoms. The topological polar surface area (TPSA) is 76.4 Å². The Bertz CT molecular complexity index is 1220. The predicted octanol–water partition coefficient (Wildman–Crippen LogP) is 5.59. The van der Waals surface area contributed by atoms with Crippen LogP contribution in [0.5, 0.6) is 0 Å². The fourth-order valence-electron chi connectivity index (χ4n) is 6.10. The van der Waals surface area contributed by atoms with Crippen LogP contribution in [0.4, 0.5) is 8.78 Å². The number of amides is 1. The number of carbonyl (C=O) groups is 1. The number of aromatic nitrogens is 2. The SMILES string of the molecule is CO[C@H](c1ccccc1)c1nc2cc(F)c(F)cc2n1C(C(=O)NC1CCC(O)CC1)C1CCCCC1. The average molecular weight is 512 g/mol. The van der Waals surface area contributed by atoms with E-state index in [4.69, 9.17) is 9.72 Å². The highest BCUT2D eigenvalue weighted by Gasteiger charge is 2.37. The molecule has 1 amide bonds. The number of aliphatic hydroxyl groups is 1. The minimum Gasteiger partial charge on any atom is -0.393 e. The van der Waals surface area contributed by atoms with Crippen LogP contribution >= 0.6 is 0 Å². The lowest BCUT2D eigenvalue weighted by Gasteiger charge is -2.35. The summed E-state index contributed by atoms with van der Waals surface area (Å²) in [5, 5.41) is 13.2. The molecule has 0 aliphatic heterocycles. The van der Waals surface area contributed by atoms with E-state index in [9.17, 15) is 18.7 Å². The van der Waals surface area contributed by atoms with Gasteiger partial charge in [0.15, 0.2) is 11.6 Å². The standard InChI is InChI=1S/C29H35F2N3O3/c1-37-27(19-10-6-3-7-11-19)28-33-24-16-22(30)23(31)17-25(24)34(28)26(18-8-4-2-5-9-18)29(36)32-20-12-14-21(35)15-13-20/h3,6-7,10-11,16-18,20-21,26-27,35H,2,4-5,8-9,12-15H2,1H3,(H,32,36)/t20?,21?,26?,27-/m1/s1. The molecule has 1 heterocycles. The number of benzene rings is 2. The van der Waals surface area contributed by atoms with E-state index in [1.165, 1.54) is 0 Å². The van der Waals surface area contributed by atoms with Gasteiger partial charge in [-0.15, -0.1) is 0 Å². The van der Waals surface area contributed by atoms with E-state index in [1.807, 2.05) is 34.9 Å². The number of nitrogens with zero attached hydrogens (tertiary/aromatic N) is 2. The molecule has 0 saturated heterocycles. The fraction of sp³-hybridized carbons (Fsp3) is 0.517. The second-order valence-corrected chi connectivity index (χ2v) is 10.5. The van der Waals surface area contributed by atoms with Gasteiger partial charge in [0.1, 0.15) is 18.0 Å². The number of imidazole rings is 1. The van der Waals surface area contributed by atoms with E-state index in [1.54, 1.807) is 7.11 Å². The maximum Gasteiger partial charge on any atom is 0.243 e. The second-order valence-electron chi connectivity index (χ2n) is 10.5. The first-order chi connectivity index (χ1) is 18.0. The number of rotatable bonds is 7. The van der Waals surface area contributed by atoms with Crippen LogP contribution in [0.15, 0.2) is 42.5 Å². The lowest BCUT2D eigenvalue weighted by Crippen LogP contribution is -2.45. The molecule has 2 atom stereocenters. The summed E-state index contributed by atoms with van der Waals surface area (Å²) in [6.07, 6.45) is 6.68. The Morgan fingerprint density at radius 2 is 1.70 bits per heavy atom. The van der Waals surface area contributed by atoms with Gasteiger partial charge in [-0.3, -0.25) is 4.79 Å². The van der Waals surface area contributed by atoms with Gasteiger partial charge < -0.3 is 19.7 Å². The van der Waals surface area contributed by atoms with Crippen LogP contribution in [0.2, 0.25) is 0 Å². The number of carbonyl (C=O) groups excluding carboxylic acids is 1. The van der Waals surface area contributed by atoms with E-state index in [-0.39, 0.29) is 24.0 Å². The van der Waals surface area contributed by atoms with E-state index >= 15 is 0 Å². The summed E-state index contributed by atoms with van der Waals surface area (Å²) in [6.45, 7) is 0. The molecule has 198 valence electrons. The maximum absolute atomic E-state index is 14.6. The van der Waals surface area contributed by atoms with Crippen molar-refractivity contribution >= 4 is 16.9 Å². The van der Waals surface area contributed by atoms with E-state index in [0.717, 1.165) is 49.8 Å².